The highest BCUT2D eigenvalue weighted by atomic mass is 127. The summed E-state index contributed by atoms with van der Waals surface area (Å²) < 4.78 is 5.60. The quantitative estimate of drug-likeness (QED) is 0.292. The van der Waals surface area contributed by atoms with Crippen LogP contribution in [0.5, 0.6) is 5.88 Å². The van der Waals surface area contributed by atoms with Gasteiger partial charge >= 0.3 is 0 Å². The van der Waals surface area contributed by atoms with Gasteiger partial charge in [-0.25, -0.2) is 4.98 Å². The number of hydrogen-bond donors (Lipinski definition) is 1. The third-order valence-corrected chi connectivity index (χ3v) is 5.10. The van der Waals surface area contributed by atoms with Gasteiger partial charge in [-0.3, -0.25) is 4.99 Å². The molecule has 6 nitrogen and oxygen atoms in total. The molecule has 0 aromatic carbocycles. The molecule has 1 fully saturated rings. The van der Waals surface area contributed by atoms with Crippen molar-refractivity contribution in [3.8, 4) is 5.88 Å². The van der Waals surface area contributed by atoms with Gasteiger partial charge in [0, 0.05) is 45.5 Å². The van der Waals surface area contributed by atoms with E-state index in [2.05, 4.69) is 42.6 Å². The molecule has 2 aromatic rings. The fourth-order valence-electron chi connectivity index (χ4n) is 2.69. The van der Waals surface area contributed by atoms with Crippen LogP contribution >= 0.6 is 46.9 Å². The number of nitrogens with zero attached hydrogens (tertiary/aromatic N) is 4. The molecule has 1 aliphatic heterocycles. The number of aromatic nitrogens is 1. The van der Waals surface area contributed by atoms with Gasteiger partial charge in [0.15, 0.2) is 5.96 Å². The zero-order chi connectivity index (χ0) is 17.5. The Hall–Kier alpha value is -1.26. The van der Waals surface area contributed by atoms with Crippen molar-refractivity contribution in [1.82, 2.24) is 15.2 Å². The highest BCUT2D eigenvalue weighted by Gasteiger charge is 2.20. The van der Waals surface area contributed by atoms with Crippen molar-refractivity contribution in [2.45, 2.75) is 0 Å². The molecule has 0 unspecified atom stereocenters. The minimum Gasteiger partial charge on any atom is -0.476 e. The average Bonchev–Trinajstić information content (AvgIpc) is 3.18. The molecule has 9 heteroatoms. The third kappa shape index (κ3) is 5.88. The summed E-state index contributed by atoms with van der Waals surface area (Å²) in [5, 5.41) is 7.42. The molecule has 26 heavy (non-hydrogen) atoms. The first-order valence-corrected chi connectivity index (χ1v) is 9.50. The molecule has 0 amide bonds. The van der Waals surface area contributed by atoms with Crippen LogP contribution in [0.4, 0.5) is 5.00 Å². The van der Waals surface area contributed by atoms with E-state index in [1.54, 1.807) is 29.7 Å². The van der Waals surface area contributed by atoms with Gasteiger partial charge in [0.1, 0.15) is 6.61 Å². The number of hydrogen-bond acceptors (Lipinski definition) is 5. The molecule has 1 N–H and O–H groups in total. The number of anilines is 1. The zero-order valence-electron chi connectivity index (χ0n) is 14.6. The summed E-state index contributed by atoms with van der Waals surface area (Å²) in [6, 6.07) is 7.81. The first kappa shape index (κ1) is 21.0. The number of guanidine groups is 1. The molecule has 0 spiro atoms. The number of pyridine rings is 1. The second-order valence-corrected chi connectivity index (χ2v) is 6.93. The number of nitrogens with one attached hydrogen (secondary N) is 1. The van der Waals surface area contributed by atoms with Crippen LogP contribution in [0, 0.1) is 0 Å². The van der Waals surface area contributed by atoms with Crippen molar-refractivity contribution in [2.75, 3.05) is 51.3 Å². The Morgan fingerprint density at radius 3 is 2.73 bits per heavy atom. The van der Waals surface area contributed by atoms with E-state index in [-0.39, 0.29) is 24.0 Å². The summed E-state index contributed by atoms with van der Waals surface area (Å²) in [4.78, 5) is 13.2. The van der Waals surface area contributed by atoms with Crippen LogP contribution in [0.15, 0.2) is 40.8 Å². The number of aliphatic imine (C=N–C) groups is 1. The molecule has 3 rings (SSSR count). The molecule has 0 bridgehead atoms. The Bertz CT molecular complexity index is 675. The van der Waals surface area contributed by atoms with Gasteiger partial charge in [-0.2, -0.15) is 0 Å². The van der Waals surface area contributed by atoms with E-state index in [1.165, 1.54) is 5.00 Å². The van der Waals surface area contributed by atoms with E-state index >= 15 is 0 Å². The van der Waals surface area contributed by atoms with Gasteiger partial charge in [0.2, 0.25) is 5.88 Å². The standard InChI is InChI=1S/C17H22ClN5OS.HI/c1-19-17(20-6-11-24-15-5-4-14(18)13-21-15)23-9-7-22(8-10-23)16-3-2-12-25-16;/h2-5,12-13H,6-11H2,1H3,(H,19,20);1H. The SMILES string of the molecule is CN=C(NCCOc1ccc(Cl)cn1)N1CCN(c2cccs2)CC1.I. The van der Waals surface area contributed by atoms with Crippen molar-refractivity contribution < 1.29 is 4.74 Å². The second-order valence-electron chi connectivity index (χ2n) is 5.56. The molecule has 0 saturated carbocycles. The number of piperazine rings is 1. The van der Waals surface area contributed by atoms with Crippen molar-refractivity contribution in [1.29, 1.82) is 0 Å². The van der Waals surface area contributed by atoms with Crippen LogP contribution in [-0.2, 0) is 0 Å². The highest BCUT2D eigenvalue weighted by molar-refractivity contribution is 14.0. The molecule has 0 atom stereocenters. The lowest BCUT2D eigenvalue weighted by molar-refractivity contribution is 0.304. The van der Waals surface area contributed by atoms with Gasteiger partial charge in [-0.1, -0.05) is 11.6 Å². The number of halogens is 2. The first-order valence-electron chi connectivity index (χ1n) is 8.24. The number of rotatable bonds is 5. The van der Waals surface area contributed by atoms with Gasteiger partial charge in [-0.15, -0.1) is 35.3 Å². The predicted octanol–water partition coefficient (Wildman–Crippen LogP) is 3.19. The van der Waals surface area contributed by atoms with Crippen molar-refractivity contribution in [2.24, 2.45) is 4.99 Å². The van der Waals surface area contributed by atoms with Crippen LogP contribution < -0.4 is 15.0 Å². The molecule has 142 valence electrons. The van der Waals surface area contributed by atoms with Crippen LogP contribution in [0.2, 0.25) is 5.02 Å². The average molecular weight is 508 g/mol. The maximum atomic E-state index is 5.81. The molecule has 1 saturated heterocycles. The fraction of sp³-hybridized carbons (Fsp3) is 0.412. The van der Waals surface area contributed by atoms with Gasteiger partial charge in [0.25, 0.3) is 0 Å². The lowest BCUT2D eigenvalue weighted by atomic mass is 10.3. The minimum absolute atomic E-state index is 0. The van der Waals surface area contributed by atoms with Crippen LogP contribution in [-0.4, -0.2) is 62.2 Å². The van der Waals surface area contributed by atoms with Crippen molar-refractivity contribution >= 4 is 57.9 Å². The summed E-state index contributed by atoms with van der Waals surface area (Å²) in [5.74, 6) is 1.49. The minimum atomic E-state index is 0. The van der Waals surface area contributed by atoms with Crippen molar-refractivity contribution in [3.05, 3.63) is 40.9 Å². The Morgan fingerprint density at radius 1 is 1.31 bits per heavy atom. The molecule has 2 aromatic heterocycles. The van der Waals surface area contributed by atoms with Gasteiger partial charge < -0.3 is 19.9 Å². The lowest BCUT2D eigenvalue weighted by Crippen LogP contribution is -2.52. The topological polar surface area (TPSA) is 53.0 Å². The summed E-state index contributed by atoms with van der Waals surface area (Å²) in [6.07, 6.45) is 1.58. The summed E-state index contributed by atoms with van der Waals surface area (Å²) in [7, 11) is 1.82. The molecule has 3 heterocycles. The molecule has 1 aliphatic rings. The van der Waals surface area contributed by atoms with Gasteiger partial charge in [0.05, 0.1) is 16.6 Å². The lowest BCUT2D eigenvalue weighted by Gasteiger charge is -2.37. The summed E-state index contributed by atoms with van der Waals surface area (Å²) >= 11 is 7.60. The monoisotopic (exact) mass is 507 g/mol. The smallest absolute Gasteiger partial charge is 0.213 e. The predicted molar refractivity (Wildman–Crippen MR) is 120 cm³/mol. The van der Waals surface area contributed by atoms with Gasteiger partial charge in [-0.05, 0) is 23.6 Å². The van der Waals surface area contributed by atoms with Crippen LogP contribution in [0.1, 0.15) is 0 Å². The molecular weight excluding hydrogens is 485 g/mol. The zero-order valence-corrected chi connectivity index (χ0v) is 18.5. The Morgan fingerprint density at radius 2 is 2.12 bits per heavy atom. The maximum Gasteiger partial charge on any atom is 0.213 e. The van der Waals surface area contributed by atoms with E-state index in [0.717, 1.165) is 32.1 Å². The third-order valence-electron chi connectivity index (χ3n) is 3.94. The van der Waals surface area contributed by atoms with E-state index in [0.29, 0.717) is 24.1 Å². The van der Waals surface area contributed by atoms with Crippen LogP contribution in [0.3, 0.4) is 0 Å². The van der Waals surface area contributed by atoms with E-state index in [9.17, 15) is 0 Å². The molecule has 0 radical (unpaired) electrons. The fourth-order valence-corrected chi connectivity index (χ4v) is 3.58. The summed E-state index contributed by atoms with van der Waals surface area (Å²) in [5.41, 5.74) is 0. The Balaban J connectivity index is 0.00000243. The van der Waals surface area contributed by atoms with E-state index < -0.39 is 0 Å². The Labute approximate surface area is 180 Å². The highest BCUT2D eigenvalue weighted by Crippen LogP contribution is 2.22. The first-order chi connectivity index (χ1) is 12.3. The number of ether oxygens (including phenoxy) is 1. The van der Waals surface area contributed by atoms with Crippen LogP contribution in [0.25, 0.3) is 0 Å². The van der Waals surface area contributed by atoms with E-state index in [1.807, 2.05) is 7.05 Å². The second kappa shape index (κ2) is 10.8. The van der Waals surface area contributed by atoms with E-state index in [4.69, 9.17) is 16.3 Å². The number of thiophene rings is 1. The molecule has 0 aliphatic carbocycles. The largest absolute Gasteiger partial charge is 0.476 e. The normalized spacial score (nSPS) is 14.8. The Kier molecular flexibility index (Phi) is 8.73. The van der Waals surface area contributed by atoms with Crippen molar-refractivity contribution in [3.63, 3.8) is 0 Å². The maximum absolute atomic E-state index is 5.81. The summed E-state index contributed by atoms with van der Waals surface area (Å²) in [6.45, 7) is 5.11. The molecular formula is C17H23ClIN5OS.